The van der Waals surface area contributed by atoms with Gasteiger partial charge in [0.15, 0.2) is 5.17 Å². The second-order valence-electron chi connectivity index (χ2n) is 5.54. The average molecular weight is 294 g/mol. The third-order valence-electron chi connectivity index (χ3n) is 4.39. The number of thioether (sulfide) groups is 1. The van der Waals surface area contributed by atoms with E-state index in [4.69, 9.17) is 4.99 Å². The van der Waals surface area contributed by atoms with Crippen LogP contribution in [0.1, 0.15) is 17.5 Å². The maximum Gasteiger partial charge on any atom is 0.160 e. The molecule has 2 aromatic carbocycles. The van der Waals surface area contributed by atoms with E-state index in [2.05, 4.69) is 65.6 Å². The summed E-state index contributed by atoms with van der Waals surface area (Å²) < 4.78 is 0. The number of nitrogens with zero attached hydrogens (tertiary/aromatic N) is 2. The number of amidine groups is 1. The first kappa shape index (κ1) is 13.0. The molecule has 0 aromatic heterocycles. The molecule has 0 amide bonds. The van der Waals surface area contributed by atoms with Crippen LogP contribution in [-0.2, 0) is 5.54 Å². The van der Waals surface area contributed by atoms with Crippen LogP contribution in [0.2, 0.25) is 0 Å². The largest absolute Gasteiger partial charge is 0.336 e. The molecule has 2 aliphatic heterocycles. The summed E-state index contributed by atoms with van der Waals surface area (Å²) in [4.78, 5) is 7.39. The van der Waals surface area contributed by atoms with Crippen LogP contribution < -0.4 is 0 Å². The summed E-state index contributed by atoms with van der Waals surface area (Å²) in [6, 6.07) is 21.7. The molecule has 2 aliphatic rings. The second-order valence-corrected chi connectivity index (χ2v) is 6.61. The summed E-state index contributed by atoms with van der Waals surface area (Å²) in [5.41, 5.74) is 2.57. The first-order valence-corrected chi connectivity index (χ1v) is 8.46. The van der Waals surface area contributed by atoms with E-state index in [9.17, 15) is 0 Å². The van der Waals surface area contributed by atoms with E-state index >= 15 is 0 Å². The molecule has 2 nitrogen and oxygen atoms in total. The molecule has 0 saturated carbocycles. The SMILES string of the molecule is c1ccc(C2(c3ccccc3)CN=C3SCCCN32)cc1. The molecule has 0 aliphatic carbocycles. The van der Waals surface area contributed by atoms with Crippen LogP contribution in [0.25, 0.3) is 0 Å². The van der Waals surface area contributed by atoms with Gasteiger partial charge in [-0.2, -0.15) is 0 Å². The van der Waals surface area contributed by atoms with Gasteiger partial charge in [-0.1, -0.05) is 72.4 Å². The first-order chi connectivity index (χ1) is 10.4. The first-order valence-electron chi connectivity index (χ1n) is 7.47. The van der Waals surface area contributed by atoms with Crippen molar-refractivity contribution < 1.29 is 0 Å². The van der Waals surface area contributed by atoms with Crippen LogP contribution in [0.3, 0.4) is 0 Å². The number of benzene rings is 2. The monoisotopic (exact) mass is 294 g/mol. The van der Waals surface area contributed by atoms with Crippen molar-refractivity contribution in [2.24, 2.45) is 4.99 Å². The smallest absolute Gasteiger partial charge is 0.160 e. The number of hydrogen-bond acceptors (Lipinski definition) is 3. The molecule has 21 heavy (non-hydrogen) atoms. The lowest BCUT2D eigenvalue weighted by Crippen LogP contribution is -2.49. The Morgan fingerprint density at radius 2 is 1.52 bits per heavy atom. The molecule has 1 saturated heterocycles. The molecule has 0 unspecified atom stereocenters. The van der Waals surface area contributed by atoms with E-state index in [1.165, 1.54) is 28.5 Å². The third kappa shape index (κ3) is 1.99. The molecule has 0 N–H and O–H groups in total. The van der Waals surface area contributed by atoms with Gasteiger partial charge in [0.25, 0.3) is 0 Å². The fourth-order valence-electron chi connectivity index (χ4n) is 3.40. The number of fused-ring (bicyclic) bond motifs is 1. The van der Waals surface area contributed by atoms with Crippen molar-refractivity contribution in [3.63, 3.8) is 0 Å². The Bertz CT molecular complexity index is 612. The Balaban J connectivity index is 1.89. The summed E-state index contributed by atoms with van der Waals surface area (Å²) in [6.45, 7) is 1.92. The predicted molar refractivity (Wildman–Crippen MR) is 89.7 cm³/mol. The Morgan fingerprint density at radius 3 is 2.14 bits per heavy atom. The van der Waals surface area contributed by atoms with Crippen LogP contribution in [0.15, 0.2) is 65.7 Å². The molecule has 0 radical (unpaired) electrons. The lowest BCUT2D eigenvalue weighted by molar-refractivity contribution is 0.254. The van der Waals surface area contributed by atoms with Gasteiger partial charge in [-0.25, -0.2) is 0 Å². The predicted octanol–water partition coefficient (Wildman–Crippen LogP) is 3.74. The van der Waals surface area contributed by atoms with Crippen molar-refractivity contribution in [1.29, 1.82) is 0 Å². The van der Waals surface area contributed by atoms with Gasteiger partial charge < -0.3 is 4.90 Å². The molecule has 1 fully saturated rings. The number of hydrogen-bond donors (Lipinski definition) is 0. The molecular formula is C18H18N2S. The Kier molecular flexibility index (Phi) is 3.23. The zero-order chi connectivity index (χ0) is 14.1. The van der Waals surface area contributed by atoms with Crippen molar-refractivity contribution in [2.75, 3.05) is 18.8 Å². The van der Waals surface area contributed by atoms with E-state index in [1.54, 1.807) is 0 Å². The minimum Gasteiger partial charge on any atom is -0.336 e. The normalized spacial score (nSPS) is 20.0. The fourth-order valence-corrected chi connectivity index (χ4v) is 4.42. The van der Waals surface area contributed by atoms with Crippen molar-refractivity contribution in [1.82, 2.24) is 4.90 Å². The van der Waals surface area contributed by atoms with E-state index in [0.29, 0.717) is 0 Å². The molecule has 4 rings (SSSR count). The number of aliphatic imine (C=N–C) groups is 1. The van der Waals surface area contributed by atoms with E-state index < -0.39 is 0 Å². The summed E-state index contributed by atoms with van der Waals surface area (Å²) in [5.74, 6) is 1.19. The summed E-state index contributed by atoms with van der Waals surface area (Å²) in [5, 5.41) is 1.22. The molecule has 0 spiro atoms. The van der Waals surface area contributed by atoms with Gasteiger partial charge in [0.1, 0.15) is 5.54 Å². The zero-order valence-electron chi connectivity index (χ0n) is 11.9. The van der Waals surface area contributed by atoms with Gasteiger partial charge in [-0.15, -0.1) is 0 Å². The summed E-state index contributed by atoms with van der Waals surface area (Å²) in [7, 11) is 0. The van der Waals surface area contributed by atoms with E-state index in [0.717, 1.165) is 13.1 Å². The van der Waals surface area contributed by atoms with Gasteiger partial charge in [0.05, 0.1) is 6.54 Å². The molecule has 3 heteroatoms. The lowest BCUT2D eigenvalue weighted by Gasteiger charge is -2.42. The Morgan fingerprint density at radius 1 is 0.905 bits per heavy atom. The van der Waals surface area contributed by atoms with Crippen LogP contribution >= 0.6 is 11.8 Å². The van der Waals surface area contributed by atoms with Gasteiger partial charge in [0, 0.05) is 12.3 Å². The van der Waals surface area contributed by atoms with E-state index in [-0.39, 0.29) is 5.54 Å². The van der Waals surface area contributed by atoms with Crippen LogP contribution in [-0.4, -0.2) is 28.9 Å². The maximum atomic E-state index is 4.87. The highest BCUT2D eigenvalue weighted by molar-refractivity contribution is 8.13. The molecule has 2 heterocycles. The van der Waals surface area contributed by atoms with Gasteiger partial charge in [-0.3, -0.25) is 4.99 Å². The quantitative estimate of drug-likeness (QED) is 0.838. The maximum absolute atomic E-state index is 4.87. The molecule has 2 aromatic rings. The van der Waals surface area contributed by atoms with Crippen molar-refractivity contribution in [3.8, 4) is 0 Å². The molecule has 0 bridgehead atoms. The lowest BCUT2D eigenvalue weighted by atomic mass is 9.82. The zero-order valence-corrected chi connectivity index (χ0v) is 12.7. The van der Waals surface area contributed by atoms with Crippen LogP contribution in [0.5, 0.6) is 0 Å². The van der Waals surface area contributed by atoms with Crippen molar-refractivity contribution in [3.05, 3.63) is 71.8 Å². The van der Waals surface area contributed by atoms with Gasteiger partial charge in [0.2, 0.25) is 0 Å². The minimum absolute atomic E-state index is 0.120. The van der Waals surface area contributed by atoms with Crippen LogP contribution in [0.4, 0.5) is 0 Å². The third-order valence-corrected chi connectivity index (χ3v) is 5.50. The average Bonchev–Trinajstić information content (AvgIpc) is 2.97. The number of rotatable bonds is 2. The topological polar surface area (TPSA) is 15.6 Å². The van der Waals surface area contributed by atoms with E-state index in [1.807, 2.05) is 11.8 Å². The highest BCUT2D eigenvalue weighted by atomic mass is 32.2. The molecular weight excluding hydrogens is 276 g/mol. The van der Waals surface area contributed by atoms with Crippen molar-refractivity contribution in [2.45, 2.75) is 12.0 Å². The fraction of sp³-hybridized carbons (Fsp3) is 0.278. The second kappa shape index (κ2) is 5.23. The summed E-state index contributed by atoms with van der Waals surface area (Å²) in [6.07, 6.45) is 1.23. The highest BCUT2D eigenvalue weighted by Crippen LogP contribution is 2.43. The highest BCUT2D eigenvalue weighted by Gasteiger charge is 2.46. The Hall–Kier alpha value is -1.74. The minimum atomic E-state index is -0.120. The molecule has 106 valence electrons. The molecule has 0 atom stereocenters. The standard InChI is InChI=1S/C18H18N2S/c1-3-8-15(9-4-1)18(16-10-5-2-6-11-16)14-19-17-20(18)12-7-13-21-17/h1-6,8-11H,7,12-14H2. The summed E-state index contributed by atoms with van der Waals surface area (Å²) >= 11 is 1.90. The van der Waals surface area contributed by atoms with Gasteiger partial charge in [-0.05, 0) is 17.5 Å². The Labute approximate surface area is 129 Å². The van der Waals surface area contributed by atoms with Gasteiger partial charge >= 0.3 is 0 Å². The van der Waals surface area contributed by atoms with Crippen molar-refractivity contribution >= 4 is 16.9 Å². The van der Waals surface area contributed by atoms with Crippen LogP contribution in [0, 0.1) is 0 Å².